The van der Waals surface area contributed by atoms with Crippen molar-refractivity contribution in [2.75, 3.05) is 0 Å². The van der Waals surface area contributed by atoms with Crippen LogP contribution in [0, 0.1) is 10.1 Å². The van der Waals surface area contributed by atoms with Crippen LogP contribution in [0.2, 0.25) is 0 Å². The van der Waals surface area contributed by atoms with Crippen molar-refractivity contribution in [3.63, 3.8) is 0 Å². The molecule has 1 aromatic rings. The molecule has 0 aromatic carbocycles. The summed E-state index contributed by atoms with van der Waals surface area (Å²) in [6.45, 7) is 0. The number of pyridine rings is 1. The van der Waals surface area contributed by atoms with Crippen LogP contribution in [0.4, 0.5) is 5.69 Å². The van der Waals surface area contributed by atoms with Crippen molar-refractivity contribution in [1.82, 2.24) is 4.98 Å². The quantitative estimate of drug-likeness (QED) is 0.454. The minimum atomic E-state index is -0.651. The molecular weight excluding hydrogens is 148 g/mol. The molecule has 1 rings (SSSR count). The van der Waals surface area contributed by atoms with E-state index in [0.29, 0.717) is 0 Å². The fraction of sp³-hybridized carbons (Fsp3) is 0. The zero-order valence-electron chi connectivity index (χ0n) is 5.35. The third-order valence-electron chi connectivity index (χ3n) is 1.10. The molecule has 1 aromatic heterocycles. The largest absolute Gasteiger partial charge is 0.285 e. The zero-order valence-corrected chi connectivity index (χ0v) is 5.35. The van der Waals surface area contributed by atoms with Crippen molar-refractivity contribution in [3.05, 3.63) is 34.1 Å². The van der Waals surface area contributed by atoms with Crippen LogP contribution in [0.5, 0.6) is 0 Å². The summed E-state index contributed by atoms with van der Waals surface area (Å²) in [7, 11) is 0. The van der Waals surface area contributed by atoms with Crippen molar-refractivity contribution in [3.8, 4) is 0 Å². The molecule has 0 aliphatic carbocycles. The molecule has 0 unspecified atom stereocenters. The van der Waals surface area contributed by atoms with E-state index in [9.17, 15) is 14.9 Å². The molecule has 1 radical (unpaired) electrons. The van der Waals surface area contributed by atoms with E-state index in [1.54, 1.807) is 0 Å². The second kappa shape index (κ2) is 2.87. The smallest absolute Gasteiger partial charge is 0.283 e. The Balaban J connectivity index is 3.22. The standard InChI is InChI=1S/C6H3N2O3/c9-4-5-3-7-2-1-6(5)8(10)11/h1-3H. The van der Waals surface area contributed by atoms with Gasteiger partial charge in [0.15, 0.2) is 0 Å². The highest BCUT2D eigenvalue weighted by Crippen LogP contribution is 2.12. The Hall–Kier alpha value is -1.78. The molecule has 1 heterocycles. The SMILES string of the molecule is O=[C]c1cnccc1[N+](=O)[O-]. The lowest BCUT2D eigenvalue weighted by atomic mass is 10.3. The molecule has 5 heteroatoms. The number of hydrogen-bond donors (Lipinski definition) is 0. The maximum atomic E-state index is 10.2. The minimum absolute atomic E-state index is 0.127. The van der Waals surface area contributed by atoms with Gasteiger partial charge in [-0.25, -0.2) is 0 Å². The Bertz CT molecular complexity index is 298. The molecule has 11 heavy (non-hydrogen) atoms. The average Bonchev–Trinajstić information content (AvgIpc) is 2.04. The highest BCUT2D eigenvalue weighted by molar-refractivity contribution is 5.80. The van der Waals surface area contributed by atoms with E-state index in [1.165, 1.54) is 12.5 Å². The first-order valence-corrected chi connectivity index (χ1v) is 2.72. The van der Waals surface area contributed by atoms with Gasteiger partial charge in [-0.2, -0.15) is 0 Å². The second-order valence-corrected chi connectivity index (χ2v) is 1.75. The Labute approximate surface area is 61.8 Å². The van der Waals surface area contributed by atoms with Crippen LogP contribution in [-0.4, -0.2) is 16.2 Å². The van der Waals surface area contributed by atoms with Crippen molar-refractivity contribution in [2.24, 2.45) is 0 Å². The molecule has 0 saturated carbocycles. The van der Waals surface area contributed by atoms with Gasteiger partial charge in [0, 0.05) is 18.5 Å². The van der Waals surface area contributed by atoms with Gasteiger partial charge in [-0.15, -0.1) is 0 Å². The monoisotopic (exact) mass is 151 g/mol. The van der Waals surface area contributed by atoms with Crippen LogP contribution >= 0.6 is 0 Å². The van der Waals surface area contributed by atoms with E-state index in [0.717, 1.165) is 12.3 Å². The lowest BCUT2D eigenvalue weighted by Gasteiger charge is -1.90. The van der Waals surface area contributed by atoms with Crippen LogP contribution in [0.25, 0.3) is 0 Å². The highest BCUT2D eigenvalue weighted by Gasteiger charge is 2.11. The summed E-state index contributed by atoms with van der Waals surface area (Å²) in [5, 5.41) is 10.2. The van der Waals surface area contributed by atoms with Gasteiger partial charge in [-0.3, -0.25) is 19.9 Å². The minimum Gasteiger partial charge on any atom is -0.285 e. The summed E-state index contributed by atoms with van der Waals surface area (Å²) >= 11 is 0. The summed E-state index contributed by atoms with van der Waals surface area (Å²) in [5.74, 6) is 0. The molecule has 0 N–H and O–H groups in total. The van der Waals surface area contributed by atoms with E-state index in [1.807, 2.05) is 0 Å². The predicted molar refractivity (Wildman–Crippen MR) is 35.7 cm³/mol. The van der Waals surface area contributed by atoms with Crippen LogP contribution in [0.3, 0.4) is 0 Å². The third-order valence-corrected chi connectivity index (χ3v) is 1.10. The van der Waals surface area contributed by atoms with Gasteiger partial charge in [0.2, 0.25) is 6.29 Å². The first kappa shape index (κ1) is 7.33. The average molecular weight is 151 g/mol. The van der Waals surface area contributed by atoms with Crippen molar-refractivity contribution >= 4 is 12.0 Å². The Morgan fingerprint density at radius 1 is 1.64 bits per heavy atom. The third kappa shape index (κ3) is 1.37. The number of rotatable bonds is 2. The molecule has 0 saturated heterocycles. The molecule has 5 nitrogen and oxygen atoms in total. The lowest BCUT2D eigenvalue weighted by Crippen LogP contribution is -1.94. The van der Waals surface area contributed by atoms with E-state index in [2.05, 4.69) is 4.98 Å². The van der Waals surface area contributed by atoms with Gasteiger partial charge >= 0.3 is 0 Å². The van der Waals surface area contributed by atoms with Gasteiger partial charge < -0.3 is 0 Å². The number of nitrogens with zero attached hydrogens (tertiary/aromatic N) is 2. The lowest BCUT2D eigenvalue weighted by molar-refractivity contribution is -0.385. The van der Waals surface area contributed by atoms with E-state index < -0.39 is 4.92 Å². The molecule has 0 aliphatic heterocycles. The van der Waals surface area contributed by atoms with Gasteiger partial charge in [0.05, 0.1) is 4.92 Å². The van der Waals surface area contributed by atoms with Gasteiger partial charge in [-0.05, 0) is 0 Å². The van der Waals surface area contributed by atoms with Gasteiger partial charge in [-0.1, -0.05) is 0 Å². The molecular formula is C6H3N2O3. The first-order chi connectivity index (χ1) is 5.25. The molecule has 55 valence electrons. The normalized spacial score (nSPS) is 9.09. The van der Waals surface area contributed by atoms with Crippen molar-refractivity contribution in [2.45, 2.75) is 0 Å². The summed E-state index contributed by atoms with van der Waals surface area (Å²) in [6, 6.07) is 1.15. The predicted octanol–water partition coefficient (Wildman–Crippen LogP) is 0.448. The van der Waals surface area contributed by atoms with Crippen LogP contribution in [0.15, 0.2) is 18.5 Å². The van der Waals surface area contributed by atoms with E-state index in [4.69, 9.17) is 0 Å². The second-order valence-electron chi connectivity index (χ2n) is 1.75. The fourth-order valence-corrected chi connectivity index (χ4v) is 0.625. The molecule has 0 atom stereocenters. The maximum Gasteiger partial charge on any atom is 0.283 e. The summed E-state index contributed by atoms with van der Waals surface area (Å²) in [5.41, 5.74) is -0.396. The van der Waals surface area contributed by atoms with E-state index in [-0.39, 0.29) is 11.3 Å². The molecule has 0 bridgehead atoms. The number of nitro groups is 1. The van der Waals surface area contributed by atoms with E-state index >= 15 is 0 Å². The number of carbonyl (C=O) groups excluding carboxylic acids is 1. The van der Waals surface area contributed by atoms with Gasteiger partial charge in [0.1, 0.15) is 5.56 Å². The van der Waals surface area contributed by atoms with Crippen LogP contribution < -0.4 is 0 Å². The summed E-state index contributed by atoms with van der Waals surface area (Å²) < 4.78 is 0. The van der Waals surface area contributed by atoms with Crippen molar-refractivity contribution < 1.29 is 9.72 Å². The molecule has 0 fully saturated rings. The van der Waals surface area contributed by atoms with Crippen LogP contribution in [0.1, 0.15) is 5.56 Å². The highest BCUT2D eigenvalue weighted by atomic mass is 16.6. The summed E-state index contributed by atoms with van der Waals surface area (Å²) in [6.07, 6.45) is 3.77. The fourth-order valence-electron chi connectivity index (χ4n) is 0.625. The Morgan fingerprint density at radius 3 is 2.82 bits per heavy atom. The molecule has 0 spiro atoms. The zero-order chi connectivity index (χ0) is 8.27. The van der Waals surface area contributed by atoms with Gasteiger partial charge in [0.25, 0.3) is 5.69 Å². The molecule has 0 aliphatic rings. The Kier molecular flexibility index (Phi) is 1.91. The molecule has 0 amide bonds. The summed E-state index contributed by atoms with van der Waals surface area (Å²) in [4.78, 5) is 23.1. The van der Waals surface area contributed by atoms with Crippen LogP contribution in [-0.2, 0) is 4.79 Å². The number of aromatic nitrogens is 1. The maximum absolute atomic E-state index is 10.2. The number of hydrogen-bond acceptors (Lipinski definition) is 4. The Morgan fingerprint density at radius 2 is 2.36 bits per heavy atom. The topological polar surface area (TPSA) is 73.1 Å². The first-order valence-electron chi connectivity index (χ1n) is 2.72. The van der Waals surface area contributed by atoms with Crippen molar-refractivity contribution in [1.29, 1.82) is 0 Å².